The Morgan fingerprint density at radius 3 is 1.73 bits per heavy atom. The number of benzene rings is 2. The number of hydrogen-bond donors (Lipinski definition) is 0. The predicted octanol–water partition coefficient (Wildman–Crippen LogP) is 3.93. The number of hydrogen-bond acceptors (Lipinski definition) is 2. The Bertz CT molecular complexity index is 698. The Morgan fingerprint density at radius 2 is 1.35 bits per heavy atom. The van der Waals surface area contributed by atoms with Crippen molar-refractivity contribution in [1.29, 1.82) is 0 Å². The molecule has 0 spiro atoms. The lowest BCUT2D eigenvalue weighted by atomic mass is 10.2. The van der Waals surface area contributed by atoms with Crippen molar-refractivity contribution < 1.29 is 0 Å². The lowest BCUT2D eigenvalue weighted by molar-refractivity contribution is 0.618. The van der Waals surface area contributed by atoms with Crippen LogP contribution in [0.15, 0.2) is 48.5 Å². The monoisotopic (exact) mass is 384 g/mol. The molecule has 4 rings (SSSR count). The van der Waals surface area contributed by atoms with Gasteiger partial charge in [0.05, 0.1) is 0 Å². The zero-order chi connectivity index (χ0) is 18.0. The van der Waals surface area contributed by atoms with E-state index in [0.29, 0.717) is 0 Å². The number of anilines is 2. The number of nitrogens with zero attached hydrogens (tertiary/aromatic N) is 2. The summed E-state index contributed by atoms with van der Waals surface area (Å²) >= 11 is 6.11. The van der Waals surface area contributed by atoms with E-state index in [9.17, 15) is 0 Å². The molecule has 0 N–H and O–H groups in total. The van der Waals surface area contributed by atoms with Crippen molar-refractivity contribution in [2.75, 3.05) is 41.9 Å². The number of alkyl halides is 1. The van der Waals surface area contributed by atoms with Gasteiger partial charge in [0.25, 0.3) is 0 Å². The molecule has 2 heterocycles. The molecule has 0 amide bonds. The fourth-order valence-corrected chi connectivity index (χ4v) is 8.13. The SMILES string of the molecule is C[Si](CCCCl)(c1cccc(N2CCC2)c1)c1cccc(N2CCC2)c1. The van der Waals surface area contributed by atoms with E-state index in [2.05, 4.69) is 64.9 Å². The van der Waals surface area contributed by atoms with Crippen molar-refractivity contribution in [3.8, 4) is 0 Å². The molecule has 2 aromatic rings. The normalized spacial score (nSPS) is 17.0. The third-order valence-electron chi connectivity index (χ3n) is 6.22. The van der Waals surface area contributed by atoms with Crippen LogP contribution in [0.4, 0.5) is 11.4 Å². The van der Waals surface area contributed by atoms with Crippen molar-refractivity contribution in [3.63, 3.8) is 0 Å². The first-order chi connectivity index (χ1) is 12.7. The first kappa shape index (κ1) is 17.9. The molecule has 2 aliphatic heterocycles. The smallest absolute Gasteiger partial charge is 0.115 e. The van der Waals surface area contributed by atoms with E-state index in [1.165, 1.54) is 56.4 Å². The Labute approximate surface area is 163 Å². The van der Waals surface area contributed by atoms with Gasteiger partial charge in [-0.05, 0) is 49.6 Å². The van der Waals surface area contributed by atoms with E-state index >= 15 is 0 Å². The van der Waals surface area contributed by atoms with Crippen LogP contribution in [0.2, 0.25) is 12.6 Å². The minimum Gasteiger partial charge on any atom is -0.371 e. The quantitative estimate of drug-likeness (QED) is 0.527. The summed E-state index contributed by atoms with van der Waals surface area (Å²) in [6, 6.07) is 19.9. The fraction of sp³-hybridized carbons (Fsp3) is 0.455. The molecule has 138 valence electrons. The Kier molecular flexibility index (Phi) is 5.28. The molecule has 0 unspecified atom stereocenters. The van der Waals surface area contributed by atoms with Crippen LogP contribution in [0, 0.1) is 0 Å². The molecule has 4 heteroatoms. The van der Waals surface area contributed by atoms with Crippen LogP contribution in [0.3, 0.4) is 0 Å². The van der Waals surface area contributed by atoms with Crippen molar-refractivity contribution in [2.24, 2.45) is 0 Å². The Balaban J connectivity index is 1.71. The summed E-state index contributed by atoms with van der Waals surface area (Å²) in [6.45, 7) is 7.34. The summed E-state index contributed by atoms with van der Waals surface area (Å²) in [5.41, 5.74) is 2.80. The largest absolute Gasteiger partial charge is 0.371 e. The molecule has 2 aromatic carbocycles. The highest BCUT2D eigenvalue weighted by Crippen LogP contribution is 2.24. The number of rotatable bonds is 7. The van der Waals surface area contributed by atoms with Gasteiger partial charge in [0, 0.05) is 43.4 Å². The summed E-state index contributed by atoms with van der Waals surface area (Å²) < 4.78 is 0. The van der Waals surface area contributed by atoms with Gasteiger partial charge in [-0.15, -0.1) is 11.6 Å². The maximum atomic E-state index is 6.11. The van der Waals surface area contributed by atoms with Gasteiger partial charge < -0.3 is 9.80 Å². The zero-order valence-electron chi connectivity index (χ0n) is 15.8. The van der Waals surface area contributed by atoms with Crippen LogP contribution in [-0.4, -0.2) is 40.1 Å². The Morgan fingerprint density at radius 1 is 0.846 bits per heavy atom. The van der Waals surface area contributed by atoms with Gasteiger partial charge in [0.2, 0.25) is 0 Å². The standard InChI is InChI=1S/C22H29ClN2Si/c1-26(16-4-11-23,21-9-2-7-19(17-21)24-12-5-13-24)22-10-3-8-20(18-22)25-14-6-15-25/h2-3,7-10,17-18H,4-6,11-16H2,1H3. The van der Waals surface area contributed by atoms with Crippen molar-refractivity contribution in [2.45, 2.75) is 31.9 Å². The molecule has 2 saturated heterocycles. The summed E-state index contributed by atoms with van der Waals surface area (Å²) in [5, 5.41) is 3.10. The fourth-order valence-electron chi connectivity index (χ4n) is 4.12. The highest BCUT2D eigenvalue weighted by Gasteiger charge is 2.32. The lowest BCUT2D eigenvalue weighted by Gasteiger charge is -2.36. The molecule has 2 fully saturated rings. The van der Waals surface area contributed by atoms with Crippen molar-refractivity contribution >= 4 is 41.4 Å². The molecule has 26 heavy (non-hydrogen) atoms. The van der Waals surface area contributed by atoms with Gasteiger partial charge in [0.15, 0.2) is 0 Å². The average molecular weight is 385 g/mol. The molecule has 0 aliphatic carbocycles. The van der Waals surface area contributed by atoms with Gasteiger partial charge in [-0.1, -0.05) is 41.2 Å². The first-order valence-corrected chi connectivity index (χ1v) is 13.2. The number of halogens is 1. The third kappa shape index (κ3) is 3.39. The molecule has 2 nitrogen and oxygen atoms in total. The van der Waals surface area contributed by atoms with Gasteiger partial charge in [-0.25, -0.2) is 0 Å². The maximum Gasteiger partial charge on any atom is 0.115 e. The van der Waals surface area contributed by atoms with Crippen LogP contribution in [-0.2, 0) is 0 Å². The highest BCUT2D eigenvalue weighted by molar-refractivity contribution is 7.01. The van der Waals surface area contributed by atoms with E-state index in [1.807, 2.05) is 0 Å². The molecule has 0 radical (unpaired) electrons. The van der Waals surface area contributed by atoms with Gasteiger partial charge in [-0.3, -0.25) is 0 Å². The van der Waals surface area contributed by atoms with Crippen LogP contribution in [0.5, 0.6) is 0 Å². The van der Waals surface area contributed by atoms with E-state index in [-0.39, 0.29) is 0 Å². The van der Waals surface area contributed by atoms with Crippen LogP contribution < -0.4 is 20.2 Å². The molecule has 0 aromatic heterocycles. The van der Waals surface area contributed by atoms with E-state index in [0.717, 1.165) is 12.3 Å². The zero-order valence-corrected chi connectivity index (χ0v) is 17.5. The van der Waals surface area contributed by atoms with Crippen LogP contribution in [0.1, 0.15) is 19.3 Å². The molecular formula is C22H29ClN2Si. The second-order valence-electron chi connectivity index (χ2n) is 7.91. The van der Waals surface area contributed by atoms with Crippen molar-refractivity contribution in [1.82, 2.24) is 0 Å². The van der Waals surface area contributed by atoms with E-state index < -0.39 is 8.07 Å². The third-order valence-corrected chi connectivity index (χ3v) is 11.0. The second kappa shape index (κ2) is 7.65. The molecule has 0 bridgehead atoms. The first-order valence-electron chi connectivity index (χ1n) is 9.98. The lowest BCUT2D eigenvalue weighted by Crippen LogP contribution is -2.56. The molecular weight excluding hydrogens is 356 g/mol. The van der Waals surface area contributed by atoms with Crippen molar-refractivity contribution in [3.05, 3.63) is 48.5 Å². The summed E-state index contributed by atoms with van der Waals surface area (Å²) in [7, 11) is -1.79. The summed E-state index contributed by atoms with van der Waals surface area (Å²) in [4.78, 5) is 4.99. The van der Waals surface area contributed by atoms with Crippen LogP contribution >= 0.6 is 11.6 Å². The molecule has 2 aliphatic rings. The maximum absolute atomic E-state index is 6.11. The van der Waals surface area contributed by atoms with Gasteiger partial charge in [0.1, 0.15) is 8.07 Å². The van der Waals surface area contributed by atoms with Gasteiger partial charge in [-0.2, -0.15) is 0 Å². The Hall–Kier alpha value is -1.45. The molecule has 0 atom stereocenters. The summed E-state index contributed by atoms with van der Waals surface area (Å²) in [6.07, 6.45) is 3.73. The average Bonchev–Trinajstić information content (AvgIpc) is 2.57. The minimum atomic E-state index is -1.79. The topological polar surface area (TPSA) is 6.48 Å². The van der Waals surface area contributed by atoms with Gasteiger partial charge >= 0.3 is 0 Å². The highest BCUT2D eigenvalue weighted by atomic mass is 35.5. The second-order valence-corrected chi connectivity index (χ2v) is 12.6. The van der Waals surface area contributed by atoms with E-state index in [4.69, 9.17) is 11.6 Å². The van der Waals surface area contributed by atoms with E-state index in [1.54, 1.807) is 10.4 Å². The molecule has 0 saturated carbocycles. The predicted molar refractivity (Wildman–Crippen MR) is 118 cm³/mol. The minimum absolute atomic E-state index is 0.750. The summed E-state index contributed by atoms with van der Waals surface area (Å²) in [5.74, 6) is 0.750. The van der Waals surface area contributed by atoms with Crippen LogP contribution in [0.25, 0.3) is 0 Å².